The molecule has 2 aliphatic heterocycles. The molecule has 4 aromatic rings. The highest BCUT2D eigenvalue weighted by Crippen LogP contribution is 2.33. The van der Waals surface area contributed by atoms with E-state index in [2.05, 4.69) is 31.9 Å². The van der Waals surface area contributed by atoms with Crippen LogP contribution >= 0.6 is 31.9 Å². The number of alkyl halides is 2. The molecule has 68 heavy (non-hydrogen) atoms. The maximum absolute atomic E-state index is 13.2. The van der Waals surface area contributed by atoms with Gasteiger partial charge in [-0.25, -0.2) is 0 Å². The second-order valence-corrected chi connectivity index (χ2v) is 16.4. The summed E-state index contributed by atoms with van der Waals surface area (Å²) in [4.78, 5) is 53.1. The van der Waals surface area contributed by atoms with Crippen molar-refractivity contribution in [2.24, 2.45) is 0 Å². The molecular formula is C49H57Br2NO16. The van der Waals surface area contributed by atoms with Crippen molar-refractivity contribution >= 4 is 66.4 Å². The minimum absolute atomic E-state index is 0.132. The maximum atomic E-state index is 13.2. The normalized spacial score (nSPS) is 17.2. The Kier molecular flexibility index (Phi) is 22.1. The number of rotatable bonds is 9. The van der Waals surface area contributed by atoms with E-state index >= 15 is 0 Å². The van der Waals surface area contributed by atoms with Crippen LogP contribution in [0.4, 0.5) is 0 Å². The first-order chi connectivity index (χ1) is 33.2. The molecule has 368 valence electrons. The second kappa shape index (κ2) is 28.6. The van der Waals surface area contributed by atoms with Crippen molar-refractivity contribution in [3.8, 4) is 23.0 Å². The van der Waals surface area contributed by atoms with E-state index in [9.17, 15) is 19.2 Å². The quantitative estimate of drug-likeness (QED) is 0.0990. The maximum Gasteiger partial charge on any atom is 0.326 e. The smallest absolute Gasteiger partial charge is 0.326 e. The Bertz CT molecular complexity index is 2150. The van der Waals surface area contributed by atoms with E-state index in [1.807, 2.05) is 36.4 Å². The summed E-state index contributed by atoms with van der Waals surface area (Å²) in [6.45, 7) is 6.43. The first-order valence-electron chi connectivity index (χ1n) is 22.4. The zero-order valence-electron chi connectivity index (χ0n) is 38.0. The number of imide groups is 1. The van der Waals surface area contributed by atoms with Gasteiger partial charge in [-0.05, 0) is 47.9 Å². The third-order valence-corrected chi connectivity index (χ3v) is 11.5. The van der Waals surface area contributed by atoms with Gasteiger partial charge in [-0.2, -0.15) is 0 Å². The molecule has 4 aromatic carbocycles. The summed E-state index contributed by atoms with van der Waals surface area (Å²) < 4.78 is 69.0. The average molecular weight is 1080 g/mol. The number of nitrogens with zero attached hydrogens (tertiary/aromatic N) is 1. The van der Waals surface area contributed by atoms with Crippen molar-refractivity contribution < 1.29 is 76.0 Å². The van der Waals surface area contributed by atoms with Crippen LogP contribution < -0.4 is 18.9 Å². The van der Waals surface area contributed by atoms with E-state index in [-0.39, 0.29) is 50.6 Å². The fourth-order valence-corrected chi connectivity index (χ4v) is 8.06. The van der Waals surface area contributed by atoms with E-state index in [4.69, 9.17) is 56.8 Å². The standard InChI is InChI=1S/C49H57Br2NO16/c1-34(68-45(54)32-52-48(55)46-36(30-50)8-9-37(31-51)47(46)49(52)56)26-44(53)67-33-35-27-38-29-39(28-35)64-23-19-60-15-11-58-13-17-62-21-25-66-43-7-3-5-41-40(43)4-2-6-42(41)65-24-20-61-16-12-57-10-14-59-18-22-63-38/h2-9,27-29,34H,10-26,30-33H2,1H3/t34-/m0/s1. The lowest BCUT2D eigenvalue weighted by atomic mass is 9.99. The van der Waals surface area contributed by atoms with Gasteiger partial charge in [0.2, 0.25) is 0 Å². The SMILES string of the molecule is C[C@@H](CC(=O)OCc1cc2cc(c1)OCCOCCOCCOCCOc1cccc3c(cccc13)OCCOCCOCCOCCO2)OC(=O)CN1C(=O)c2c(CBr)ccc(CBr)c2C1=O. The first kappa shape index (κ1) is 52.5. The zero-order chi connectivity index (χ0) is 47.9. The van der Waals surface area contributed by atoms with Crippen LogP contribution in [-0.2, 0) is 64.8 Å². The van der Waals surface area contributed by atoms with Crippen LogP contribution in [0.5, 0.6) is 23.0 Å². The molecule has 17 nitrogen and oxygen atoms in total. The number of carbonyl (C=O) groups excluding carboxylic acids is 4. The van der Waals surface area contributed by atoms with Crippen LogP contribution in [0.15, 0.2) is 66.7 Å². The molecule has 0 N–H and O–H groups in total. The number of hydrogen-bond acceptors (Lipinski definition) is 16. The minimum atomic E-state index is -0.906. The molecule has 2 heterocycles. The first-order valence-corrected chi connectivity index (χ1v) is 24.6. The molecule has 6 rings (SSSR count). The van der Waals surface area contributed by atoms with Crippen molar-refractivity contribution in [3.05, 3.63) is 94.5 Å². The molecule has 0 aliphatic carbocycles. The van der Waals surface area contributed by atoms with E-state index in [1.54, 1.807) is 30.3 Å². The summed E-state index contributed by atoms with van der Waals surface area (Å²) in [5.41, 5.74) is 2.38. The molecule has 19 heteroatoms. The van der Waals surface area contributed by atoms with Crippen LogP contribution in [0.1, 0.15) is 50.8 Å². The third kappa shape index (κ3) is 16.1. The van der Waals surface area contributed by atoms with Crippen LogP contribution in [0, 0.1) is 0 Å². The molecule has 0 fully saturated rings. The summed E-state index contributed by atoms with van der Waals surface area (Å²) in [5.74, 6) is -0.210. The second-order valence-electron chi connectivity index (χ2n) is 15.3. The molecule has 0 saturated carbocycles. The number of hydrogen-bond donors (Lipinski definition) is 0. The fraction of sp³-hybridized carbons (Fsp3) is 0.469. The highest BCUT2D eigenvalue weighted by atomic mass is 79.9. The van der Waals surface area contributed by atoms with E-state index in [0.717, 1.165) is 27.2 Å². The van der Waals surface area contributed by atoms with Gasteiger partial charge in [0.25, 0.3) is 11.8 Å². The number of amides is 2. The van der Waals surface area contributed by atoms with E-state index in [1.165, 1.54) is 6.92 Å². The van der Waals surface area contributed by atoms with Crippen LogP contribution in [0.2, 0.25) is 0 Å². The lowest BCUT2D eigenvalue weighted by molar-refractivity contribution is -0.155. The van der Waals surface area contributed by atoms with Gasteiger partial charge >= 0.3 is 11.9 Å². The van der Waals surface area contributed by atoms with E-state index < -0.39 is 36.4 Å². The fourth-order valence-electron chi connectivity index (χ4n) is 7.12. The molecule has 0 aromatic heterocycles. The molecule has 6 bridgehead atoms. The molecule has 1 atom stereocenters. The Labute approximate surface area is 412 Å². The highest BCUT2D eigenvalue weighted by molar-refractivity contribution is 9.08. The molecule has 0 radical (unpaired) electrons. The van der Waals surface area contributed by atoms with Crippen molar-refractivity contribution in [2.75, 3.05) is 112 Å². The van der Waals surface area contributed by atoms with Gasteiger partial charge in [-0.1, -0.05) is 68.3 Å². The average Bonchev–Trinajstić information content (AvgIpc) is 3.58. The number of benzene rings is 4. The molecular weight excluding hydrogens is 1020 g/mol. The number of fused-ring (bicyclic) bond motifs is 3. The lowest BCUT2D eigenvalue weighted by Gasteiger charge is -2.17. The summed E-state index contributed by atoms with van der Waals surface area (Å²) in [6.07, 6.45) is -1.18. The van der Waals surface area contributed by atoms with Crippen molar-refractivity contribution in [1.82, 2.24) is 4.90 Å². The monoisotopic (exact) mass is 1070 g/mol. The number of esters is 2. The van der Waals surface area contributed by atoms with E-state index in [0.29, 0.717) is 118 Å². The molecule has 2 aliphatic rings. The third-order valence-electron chi connectivity index (χ3n) is 10.3. The topological polar surface area (TPSA) is 182 Å². The summed E-state index contributed by atoms with van der Waals surface area (Å²) in [5, 5.41) is 2.61. The van der Waals surface area contributed by atoms with Crippen molar-refractivity contribution in [3.63, 3.8) is 0 Å². The van der Waals surface area contributed by atoms with Crippen molar-refractivity contribution in [1.29, 1.82) is 0 Å². The Hall–Kier alpha value is -4.86. The summed E-state index contributed by atoms with van der Waals surface area (Å²) in [6, 6.07) is 20.4. The minimum Gasteiger partial charge on any atom is -0.491 e. The van der Waals surface area contributed by atoms with Gasteiger partial charge in [0, 0.05) is 27.5 Å². The Balaban J connectivity index is 0.949. The van der Waals surface area contributed by atoms with Gasteiger partial charge in [0.05, 0.1) is 96.8 Å². The van der Waals surface area contributed by atoms with Gasteiger partial charge in [0.15, 0.2) is 0 Å². The lowest BCUT2D eigenvalue weighted by Crippen LogP contribution is -2.37. The Morgan fingerprint density at radius 1 is 0.559 bits per heavy atom. The number of carbonyl (C=O) groups is 4. The van der Waals surface area contributed by atoms with Gasteiger partial charge in [-0.15, -0.1) is 0 Å². The van der Waals surface area contributed by atoms with Gasteiger partial charge in [-0.3, -0.25) is 24.1 Å². The number of ether oxygens (including phenoxy) is 12. The molecule has 0 unspecified atom stereocenters. The van der Waals surface area contributed by atoms with Crippen LogP contribution in [-0.4, -0.2) is 147 Å². The largest absolute Gasteiger partial charge is 0.491 e. The Morgan fingerprint density at radius 2 is 0.971 bits per heavy atom. The predicted molar refractivity (Wildman–Crippen MR) is 254 cm³/mol. The molecule has 2 amide bonds. The van der Waals surface area contributed by atoms with Gasteiger partial charge < -0.3 is 56.8 Å². The van der Waals surface area contributed by atoms with Gasteiger partial charge in [0.1, 0.15) is 68.7 Å². The van der Waals surface area contributed by atoms with Crippen LogP contribution in [0.25, 0.3) is 10.8 Å². The summed E-state index contributed by atoms with van der Waals surface area (Å²) >= 11 is 6.73. The Morgan fingerprint density at radius 3 is 1.40 bits per heavy atom. The summed E-state index contributed by atoms with van der Waals surface area (Å²) in [7, 11) is 0. The highest BCUT2D eigenvalue weighted by Gasteiger charge is 2.40. The zero-order valence-corrected chi connectivity index (χ0v) is 41.2. The molecule has 0 saturated heterocycles. The van der Waals surface area contributed by atoms with Crippen LogP contribution in [0.3, 0.4) is 0 Å². The van der Waals surface area contributed by atoms with Crippen molar-refractivity contribution in [2.45, 2.75) is 36.7 Å². The number of halogens is 2. The molecule has 0 spiro atoms. The predicted octanol–water partition coefficient (Wildman–Crippen LogP) is 6.62.